The van der Waals surface area contributed by atoms with Crippen LogP contribution in [0.15, 0.2) is 22.2 Å². The van der Waals surface area contributed by atoms with Crippen molar-refractivity contribution in [2.75, 3.05) is 0 Å². The minimum atomic E-state index is 0.537. The van der Waals surface area contributed by atoms with Gasteiger partial charge in [-0.2, -0.15) is 0 Å². The summed E-state index contributed by atoms with van der Waals surface area (Å²) in [5, 5.41) is 2.12. The zero-order chi connectivity index (χ0) is 7.59. The van der Waals surface area contributed by atoms with Crippen molar-refractivity contribution in [3.8, 4) is 0 Å². The normalized spacial score (nSPS) is 51.5. The second-order valence-electron chi connectivity index (χ2n) is 3.72. The predicted molar refractivity (Wildman–Crippen MR) is 46.4 cm³/mol. The Morgan fingerprint density at radius 2 is 1.64 bits per heavy atom. The molecule has 11 heavy (non-hydrogen) atoms. The molecule has 0 N–H and O–H groups in total. The molecular weight excluding hydrogens is 179 g/mol. The lowest BCUT2D eigenvalue weighted by Crippen LogP contribution is -2.04. The molecule has 2 atom stereocenters. The molecule has 0 heterocycles. The van der Waals surface area contributed by atoms with Crippen molar-refractivity contribution >= 4 is 23.2 Å². The topological polar surface area (TPSA) is 0 Å². The summed E-state index contributed by atoms with van der Waals surface area (Å²) in [6, 6.07) is 0. The van der Waals surface area contributed by atoms with Crippen LogP contribution in [0.4, 0.5) is 0 Å². The molecule has 0 saturated heterocycles. The van der Waals surface area contributed by atoms with Gasteiger partial charge in [-0.15, -0.1) is 0 Å². The summed E-state index contributed by atoms with van der Waals surface area (Å²) in [5.41, 5.74) is 0. The van der Waals surface area contributed by atoms with E-state index in [1.165, 1.54) is 6.42 Å². The van der Waals surface area contributed by atoms with E-state index < -0.39 is 0 Å². The summed E-state index contributed by atoms with van der Waals surface area (Å²) >= 11 is 12.1. The van der Waals surface area contributed by atoms with Crippen molar-refractivity contribution in [3.05, 3.63) is 22.2 Å². The monoisotopic (exact) mass is 186 g/mol. The molecule has 1 saturated carbocycles. The second-order valence-corrected chi connectivity index (χ2v) is 4.59. The van der Waals surface area contributed by atoms with Crippen molar-refractivity contribution in [2.24, 2.45) is 23.7 Å². The summed E-state index contributed by atoms with van der Waals surface area (Å²) in [6.45, 7) is 0. The molecule has 3 aliphatic carbocycles. The molecule has 0 spiro atoms. The minimum absolute atomic E-state index is 0.537. The third-order valence-corrected chi connectivity index (χ3v) is 3.85. The zero-order valence-corrected chi connectivity index (χ0v) is 7.44. The Balaban J connectivity index is 2.12. The quantitative estimate of drug-likeness (QED) is 0.546. The fraction of sp³-hybridized carbons (Fsp3) is 0.556. The highest BCUT2D eigenvalue weighted by Crippen LogP contribution is 2.65. The zero-order valence-electron chi connectivity index (χ0n) is 5.93. The average molecular weight is 187 g/mol. The fourth-order valence-electron chi connectivity index (χ4n) is 2.55. The largest absolute Gasteiger partial charge is 0.0891 e. The van der Waals surface area contributed by atoms with Gasteiger partial charge in [0.15, 0.2) is 0 Å². The second kappa shape index (κ2) is 1.86. The van der Waals surface area contributed by atoms with Gasteiger partial charge in [-0.1, -0.05) is 35.4 Å². The Bertz CT molecular complexity index is 251. The van der Waals surface area contributed by atoms with Crippen molar-refractivity contribution < 1.29 is 0 Å². The molecule has 0 aromatic heterocycles. The van der Waals surface area contributed by atoms with Gasteiger partial charge < -0.3 is 0 Å². The Labute approximate surface area is 75.9 Å². The first-order valence-electron chi connectivity index (χ1n) is 4.02. The molecule has 0 nitrogen and oxygen atoms in total. The first-order chi connectivity index (χ1) is 5.27. The molecule has 2 bridgehead atoms. The first kappa shape index (κ1) is 6.56. The van der Waals surface area contributed by atoms with Gasteiger partial charge in [-0.3, -0.25) is 0 Å². The van der Waals surface area contributed by atoms with E-state index in [1.807, 2.05) is 0 Å². The molecule has 2 heteroatoms. The fourth-order valence-corrected chi connectivity index (χ4v) is 3.47. The summed E-state index contributed by atoms with van der Waals surface area (Å²) in [5.74, 6) is 2.52. The third-order valence-electron chi connectivity index (χ3n) is 3.10. The van der Waals surface area contributed by atoms with Crippen LogP contribution in [0.3, 0.4) is 0 Å². The number of hydrogen-bond donors (Lipinski definition) is 0. The van der Waals surface area contributed by atoms with Crippen molar-refractivity contribution in [1.29, 1.82) is 0 Å². The summed E-state index contributed by atoms with van der Waals surface area (Å²) in [6.07, 6.45) is 5.61. The maximum atomic E-state index is 6.07. The molecule has 1 fully saturated rings. The van der Waals surface area contributed by atoms with Crippen LogP contribution in [0.5, 0.6) is 0 Å². The number of hydrogen-bond acceptors (Lipinski definition) is 0. The number of halogens is 2. The highest BCUT2D eigenvalue weighted by molar-refractivity contribution is 6.32. The highest BCUT2D eigenvalue weighted by atomic mass is 35.5. The molecule has 3 aliphatic rings. The lowest BCUT2D eigenvalue weighted by molar-refractivity contribution is 0.562. The molecule has 0 aromatic rings. The smallest absolute Gasteiger partial charge is 0.0187 e. The lowest BCUT2D eigenvalue weighted by Gasteiger charge is -2.15. The van der Waals surface area contributed by atoms with Crippen LogP contribution < -0.4 is 0 Å². The van der Waals surface area contributed by atoms with Crippen LogP contribution in [0.1, 0.15) is 6.42 Å². The SMILES string of the molecule is ClC1=CC2C=C(Cl)C3C(C2)C13. The van der Waals surface area contributed by atoms with E-state index in [4.69, 9.17) is 23.2 Å². The summed E-state index contributed by atoms with van der Waals surface area (Å²) < 4.78 is 0. The molecule has 0 radical (unpaired) electrons. The molecule has 0 aliphatic heterocycles. The Kier molecular flexibility index (Phi) is 1.11. The van der Waals surface area contributed by atoms with Crippen LogP contribution in [0.25, 0.3) is 0 Å². The average Bonchev–Trinajstić information content (AvgIpc) is 2.62. The highest BCUT2D eigenvalue weighted by Gasteiger charge is 2.57. The molecular formula is C9H8Cl2. The summed E-state index contributed by atoms with van der Waals surface area (Å²) in [7, 11) is 0. The van der Waals surface area contributed by atoms with Crippen LogP contribution in [0.2, 0.25) is 0 Å². The van der Waals surface area contributed by atoms with Crippen LogP contribution in [0, 0.1) is 23.7 Å². The van der Waals surface area contributed by atoms with Gasteiger partial charge in [0.25, 0.3) is 0 Å². The van der Waals surface area contributed by atoms with E-state index in [0.29, 0.717) is 17.8 Å². The van der Waals surface area contributed by atoms with Crippen LogP contribution >= 0.6 is 23.2 Å². The Morgan fingerprint density at radius 1 is 1.09 bits per heavy atom. The molecule has 0 aromatic carbocycles. The standard InChI is InChI=1S/C9H8Cl2/c10-6-2-4-1-5-8(6)9(5)7(11)3-4/h2-5,8-9H,1H2. The molecule has 3 rings (SSSR count). The Morgan fingerprint density at radius 3 is 2.18 bits per heavy atom. The lowest BCUT2D eigenvalue weighted by atomic mass is 9.93. The Hall–Kier alpha value is 0.0600. The van der Waals surface area contributed by atoms with Gasteiger partial charge in [-0.25, -0.2) is 0 Å². The van der Waals surface area contributed by atoms with E-state index in [1.54, 1.807) is 0 Å². The van der Waals surface area contributed by atoms with E-state index >= 15 is 0 Å². The third kappa shape index (κ3) is 0.723. The van der Waals surface area contributed by atoms with E-state index in [0.717, 1.165) is 16.0 Å². The van der Waals surface area contributed by atoms with E-state index in [9.17, 15) is 0 Å². The van der Waals surface area contributed by atoms with Crippen molar-refractivity contribution in [2.45, 2.75) is 6.42 Å². The van der Waals surface area contributed by atoms with Gasteiger partial charge in [0.1, 0.15) is 0 Å². The summed E-state index contributed by atoms with van der Waals surface area (Å²) in [4.78, 5) is 0. The van der Waals surface area contributed by atoms with Crippen LogP contribution in [-0.2, 0) is 0 Å². The number of fused-ring (bicyclic) bond motifs is 2. The predicted octanol–water partition coefficient (Wildman–Crippen LogP) is 3.13. The molecule has 58 valence electrons. The van der Waals surface area contributed by atoms with Crippen molar-refractivity contribution in [3.63, 3.8) is 0 Å². The maximum absolute atomic E-state index is 6.07. The van der Waals surface area contributed by atoms with Gasteiger partial charge in [0.2, 0.25) is 0 Å². The maximum Gasteiger partial charge on any atom is 0.0187 e. The van der Waals surface area contributed by atoms with E-state index in [-0.39, 0.29) is 0 Å². The van der Waals surface area contributed by atoms with Gasteiger partial charge in [0, 0.05) is 21.9 Å². The van der Waals surface area contributed by atoms with Gasteiger partial charge in [0.05, 0.1) is 0 Å². The number of allylic oxidation sites excluding steroid dienone is 4. The van der Waals surface area contributed by atoms with Gasteiger partial charge in [-0.05, 0) is 18.3 Å². The van der Waals surface area contributed by atoms with Crippen molar-refractivity contribution in [1.82, 2.24) is 0 Å². The van der Waals surface area contributed by atoms with Gasteiger partial charge >= 0.3 is 0 Å². The molecule has 0 amide bonds. The van der Waals surface area contributed by atoms with Crippen LogP contribution in [-0.4, -0.2) is 0 Å². The molecule has 2 unspecified atom stereocenters. The number of rotatable bonds is 0. The van der Waals surface area contributed by atoms with E-state index in [2.05, 4.69) is 12.2 Å². The minimum Gasteiger partial charge on any atom is -0.0891 e. The first-order valence-corrected chi connectivity index (χ1v) is 4.77.